The molecule has 0 unspecified atom stereocenters. The third kappa shape index (κ3) is 4.02. The van der Waals surface area contributed by atoms with Gasteiger partial charge in [-0.05, 0) is 54.1 Å². The molecule has 0 amide bonds. The van der Waals surface area contributed by atoms with E-state index in [9.17, 15) is 4.39 Å². The molecule has 5 aromatic rings. The molecular formula is C29H26FN5O. The molecule has 36 heavy (non-hydrogen) atoms. The molecule has 0 radical (unpaired) electrons. The van der Waals surface area contributed by atoms with Gasteiger partial charge in [0.2, 0.25) is 0 Å². The summed E-state index contributed by atoms with van der Waals surface area (Å²) in [5.41, 5.74) is 5.01. The summed E-state index contributed by atoms with van der Waals surface area (Å²) in [6, 6.07) is 25.0. The van der Waals surface area contributed by atoms with E-state index < -0.39 is 0 Å². The Balaban J connectivity index is 1.38. The molecule has 180 valence electrons. The lowest BCUT2D eigenvalue weighted by Gasteiger charge is -2.37. The number of anilines is 2. The van der Waals surface area contributed by atoms with Gasteiger partial charge in [-0.3, -0.25) is 0 Å². The molecule has 7 heteroatoms. The van der Waals surface area contributed by atoms with E-state index in [1.807, 2.05) is 34.9 Å². The normalized spacial score (nSPS) is 13.8. The molecule has 0 atom stereocenters. The maximum Gasteiger partial charge on any atom is 0.150 e. The predicted octanol–water partition coefficient (Wildman–Crippen LogP) is 5.56. The van der Waals surface area contributed by atoms with Gasteiger partial charge in [0.15, 0.2) is 5.65 Å². The molecule has 1 aliphatic rings. The van der Waals surface area contributed by atoms with Crippen molar-refractivity contribution in [2.24, 2.45) is 0 Å². The Morgan fingerprint density at radius 1 is 0.750 bits per heavy atom. The van der Waals surface area contributed by atoms with Gasteiger partial charge in [0.1, 0.15) is 23.7 Å². The second kappa shape index (κ2) is 9.34. The van der Waals surface area contributed by atoms with Gasteiger partial charge in [0, 0.05) is 49.3 Å². The molecule has 6 nitrogen and oxygen atoms in total. The summed E-state index contributed by atoms with van der Waals surface area (Å²) in [7, 11) is 1.68. The van der Waals surface area contributed by atoms with Crippen molar-refractivity contribution in [3.8, 4) is 22.6 Å². The lowest BCUT2D eigenvalue weighted by molar-refractivity contribution is 0.415. The molecule has 0 N–H and O–H groups in total. The number of halogens is 1. The Bertz CT molecular complexity index is 1470. The Morgan fingerprint density at radius 3 is 2.11 bits per heavy atom. The van der Waals surface area contributed by atoms with Gasteiger partial charge in [0.25, 0.3) is 0 Å². The van der Waals surface area contributed by atoms with Crippen molar-refractivity contribution in [1.82, 2.24) is 14.5 Å². The Hall–Kier alpha value is -4.39. The number of hydrogen-bond donors (Lipinski definition) is 0. The van der Waals surface area contributed by atoms with Crippen LogP contribution in [0.1, 0.15) is 0 Å². The summed E-state index contributed by atoms with van der Waals surface area (Å²) < 4.78 is 21.0. The SMILES string of the molecule is COc1ccc(N2CCN(c3ncnc4c3c(-c3ccccc3)cn4-c3ccc(F)cc3)CC2)cc1. The van der Waals surface area contributed by atoms with Crippen LogP contribution < -0.4 is 14.5 Å². The predicted molar refractivity (Wildman–Crippen MR) is 142 cm³/mol. The third-order valence-electron chi connectivity index (χ3n) is 6.77. The molecule has 2 aromatic heterocycles. The smallest absolute Gasteiger partial charge is 0.150 e. The minimum absolute atomic E-state index is 0.261. The topological polar surface area (TPSA) is 46.4 Å². The summed E-state index contributed by atoms with van der Waals surface area (Å²) >= 11 is 0. The van der Waals surface area contributed by atoms with Crippen LogP contribution in [0, 0.1) is 5.82 Å². The average molecular weight is 480 g/mol. The molecule has 1 saturated heterocycles. The highest BCUT2D eigenvalue weighted by atomic mass is 19.1. The quantitative estimate of drug-likeness (QED) is 0.330. The van der Waals surface area contributed by atoms with Gasteiger partial charge >= 0.3 is 0 Å². The van der Waals surface area contributed by atoms with Crippen molar-refractivity contribution in [2.45, 2.75) is 0 Å². The Kier molecular flexibility index (Phi) is 5.73. The lowest BCUT2D eigenvalue weighted by Crippen LogP contribution is -2.46. The number of nitrogens with zero attached hydrogens (tertiary/aromatic N) is 5. The van der Waals surface area contributed by atoms with E-state index in [2.05, 4.69) is 45.2 Å². The van der Waals surface area contributed by atoms with Gasteiger partial charge in [-0.1, -0.05) is 30.3 Å². The third-order valence-corrected chi connectivity index (χ3v) is 6.77. The van der Waals surface area contributed by atoms with Crippen molar-refractivity contribution in [3.05, 3.63) is 97.2 Å². The zero-order valence-electron chi connectivity index (χ0n) is 20.0. The number of piperazine rings is 1. The minimum Gasteiger partial charge on any atom is -0.497 e. The molecule has 0 aliphatic carbocycles. The van der Waals surface area contributed by atoms with Crippen LogP contribution in [-0.4, -0.2) is 47.8 Å². The van der Waals surface area contributed by atoms with E-state index in [0.29, 0.717) is 0 Å². The number of rotatable bonds is 5. The molecule has 3 heterocycles. The molecule has 0 spiro atoms. The summed E-state index contributed by atoms with van der Waals surface area (Å²) in [5, 5.41) is 1.01. The molecule has 0 saturated carbocycles. The first kappa shape index (κ1) is 22.1. The van der Waals surface area contributed by atoms with Crippen LogP contribution in [0.3, 0.4) is 0 Å². The van der Waals surface area contributed by atoms with Crippen LogP contribution in [0.5, 0.6) is 5.75 Å². The van der Waals surface area contributed by atoms with Crippen LogP contribution in [-0.2, 0) is 0 Å². The second-order valence-electron chi connectivity index (χ2n) is 8.82. The van der Waals surface area contributed by atoms with Gasteiger partial charge in [-0.2, -0.15) is 0 Å². The minimum atomic E-state index is -0.261. The standard InChI is InChI=1S/C29H26FN5O/c1-36-25-13-11-23(12-14-25)33-15-17-34(18-16-33)28-27-26(21-5-3-2-4-6-21)19-35(29(27)32-20-31-28)24-9-7-22(30)8-10-24/h2-14,19-20H,15-18H2,1H3. The molecular weight excluding hydrogens is 453 g/mol. The van der Waals surface area contributed by atoms with Gasteiger partial charge in [-0.15, -0.1) is 0 Å². The number of hydrogen-bond acceptors (Lipinski definition) is 5. The number of fused-ring (bicyclic) bond motifs is 1. The van der Waals surface area contributed by atoms with Crippen molar-refractivity contribution in [3.63, 3.8) is 0 Å². The zero-order valence-corrected chi connectivity index (χ0v) is 20.0. The fourth-order valence-electron chi connectivity index (χ4n) is 4.89. The van der Waals surface area contributed by atoms with E-state index in [1.165, 1.54) is 17.8 Å². The molecule has 0 bridgehead atoms. The van der Waals surface area contributed by atoms with Crippen LogP contribution in [0.15, 0.2) is 91.4 Å². The largest absolute Gasteiger partial charge is 0.497 e. The van der Waals surface area contributed by atoms with Crippen molar-refractivity contribution in [2.75, 3.05) is 43.1 Å². The Labute approximate surface area is 209 Å². The summed E-state index contributed by atoms with van der Waals surface area (Å²) in [5.74, 6) is 1.53. The Morgan fingerprint density at radius 2 is 1.42 bits per heavy atom. The monoisotopic (exact) mass is 479 g/mol. The first-order valence-corrected chi connectivity index (χ1v) is 12.0. The van der Waals surface area contributed by atoms with E-state index in [1.54, 1.807) is 25.6 Å². The molecule has 1 aliphatic heterocycles. The maximum atomic E-state index is 13.6. The highest BCUT2D eigenvalue weighted by molar-refractivity contribution is 6.02. The van der Waals surface area contributed by atoms with E-state index in [0.717, 1.165) is 65.6 Å². The second-order valence-corrected chi connectivity index (χ2v) is 8.82. The summed E-state index contributed by atoms with van der Waals surface area (Å²) in [4.78, 5) is 14.2. The lowest BCUT2D eigenvalue weighted by atomic mass is 10.1. The van der Waals surface area contributed by atoms with Crippen LogP contribution in [0.2, 0.25) is 0 Å². The first-order chi connectivity index (χ1) is 17.7. The summed E-state index contributed by atoms with van der Waals surface area (Å²) in [6.07, 6.45) is 3.71. The highest BCUT2D eigenvalue weighted by Crippen LogP contribution is 2.37. The highest BCUT2D eigenvalue weighted by Gasteiger charge is 2.24. The molecule has 1 fully saturated rings. The average Bonchev–Trinajstić information content (AvgIpc) is 3.34. The van der Waals surface area contributed by atoms with E-state index in [4.69, 9.17) is 9.72 Å². The van der Waals surface area contributed by atoms with Crippen LogP contribution >= 0.6 is 0 Å². The van der Waals surface area contributed by atoms with Gasteiger partial charge in [-0.25, -0.2) is 14.4 Å². The fourth-order valence-corrected chi connectivity index (χ4v) is 4.89. The van der Waals surface area contributed by atoms with E-state index >= 15 is 0 Å². The van der Waals surface area contributed by atoms with Crippen molar-refractivity contribution in [1.29, 1.82) is 0 Å². The van der Waals surface area contributed by atoms with Crippen molar-refractivity contribution >= 4 is 22.5 Å². The number of aromatic nitrogens is 3. The number of ether oxygens (including phenoxy) is 1. The van der Waals surface area contributed by atoms with Crippen LogP contribution in [0.25, 0.3) is 27.8 Å². The van der Waals surface area contributed by atoms with E-state index in [-0.39, 0.29) is 5.82 Å². The van der Waals surface area contributed by atoms with Crippen molar-refractivity contribution < 1.29 is 9.13 Å². The molecule has 6 rings (SSSR count). The first-order valence-electron chi connectivity index (χ1n) is 12.0. The number of methoxy groups -OCH3 is 1. The van der Waals surface area contributed by atoms with Gasteiger partial charge < -0.3 is 19.1 Å². The maximum absolute atomic E-state index is 13.6. The summed E-state index contributed by atoms with van der Waals surface area (Å²) in [6.45, 7) is 3.45. The fraction of sp³-hybridized carbons (Fsp3) is 0.172. The van der Waals surface area contributed by atoms with Gasteiger partial charge in [0.05, 0.1) is 12.5 Å². The zero-order chi connectivity index (χ0) is 24.5. The number of benzene rings is 3. The molecule has 3 aromatic carbocycles. The van der Waals surface area contributed by atoms with Crippen LogP contribution in [0.4, 0.5) is 15.9 Å².